The lowest BCUT2D eigenvalue weighted by Gasteiger charge is -2.19. The normalized spacial score (nSPS) is 12.6. The molecule has 1 aliphatic rings. The van der Waals surface area contributed by atoms with Gasteiger partial charge in [0.05, 0.1) is 55.0 Å². The molecule has 2 heterocycles. The predicted molar refractivity (Wildman–Crippen MR) is 170 cm³/mol. The molecular weight excluding hydrogens is 603 g/mol. The highest BCUT2D eigenvalue weighted by Gasteiger charge is 2.34. The Morgan fingerprint density at radius 2 is 1.66 bits per heavy atom. The second-order valence-electron chi connectivity index (χ2n) is 11.2. The molecule has 3 aromatic carbocycles. The van der Waals surface area contributed by atoms with Gasteiger partial charge in [0, 0.05) is 17.3 Å². The largest absolute Gasteiger partial charge is 0.497 e. The lowest BCUT2D eigenvalue weighted by atomic mass is 10.1. The van der Waals surface area contributed by atoms with Gasteiger partial charge in [0.25, 0.3) is 5.91 Å². The standard InChI is InChI=1S/C33H32Cl2N4O5/c1-33(2,3)44-27(40)15-19-9-12-21(13-10-19)36-31-29-25(37-30(38-31)28-23(34)7-6-8-24(28)35)18-39(32(29)41)17-20-11-14-22(42-4)16-26(20)43-5/h6-14,16H,15,17-18H2,1-5H3,(H,36,37,38). The number of nitrogens with zero attached hydrogens (tertiary/aromatic N) is 3. The van der Waals surface area contributed by atoms with E-state index in [4.69, 9.17) is 47.4 Å². The zero-order chi connectivity index (χ0) is 31.6. The first-order chi connectivity index (χ1) is 21.0. The highest BCUT2D eigenvalue weighted by Crippen LogP contribution is 2.38. The molecule has 1 amide bonds. The van der Waals surface area contributed by atoms with Crippen molar-refractivity contribution in [3.63, 3.8) is 0 Å². The van der Waals surface area contributed by atoms with Crippen LogP contribution in [-0.2, 0) is 29.0 Å². The number of fused-ring (bicyclic) bond motifs is 1. The number of carbonyl (C=O) groups is 2. The van der Waals surface area contributed by atoms with Gasteiger partial charge in [-0.05, 0) is 62.7 Å². The maximum atomic E-state index is 13.8. The molecule has 0 saturated carbocycles. The van der Waals surface area contributed by atoms with E-state index >= 15 is 0 Å². The Hall–Kier alpha value is -4.34. The summed E-state index contributed by atoms with van der Waals surface area (Å²) in [5.74, 6) is 1.31. The van der Waals surface area contributed by atoms with E-state index in [0.717, 1.165) is 11.1 Å². The van der Waals surface area contributed by atoms with E-state index in [9.17, 15) is 9.59 Å². The fourth-order valence-corrected chi connectivity index (χ4v) is 5.44. The minimum atomic E-state index is -0.562. The molecule has 0 aliphatic carbocycles. The Kier molecular flexibility index (Phi) is 8.99. The van der Waals surface area contributed by atoms with Crippen molar-refractivity contribution >= 4 is 46.6 Å². The summed E-state index contributed by atoms with van der Waals surface area (Å²) in [5.41, 5.74) is 3.06. The predicted octanol–water partition coefficient (Wildman–Crippen LogP) is 7.25. The third-order valence-electron chi connectivity index (χ3n) is 6.85. The Morgan fingerprint density at radius 3 is 2.30 bits per heavy atom. The van der Waals surface area contributed by atoms with E-state index in [0.29, 0.717) is 55.7 Å². The molecule has 0 fully saturated rings. The molecule has 4 aromatic rings. The van der Waals surface area contributed by atoms with Crippen LogP contribution in [0.25, 0.3) is 11.4 Å². The third-order valence-corrected chi connectivity index (χ3v) is 7.48. The zero-order valence-corrected chi connectivity index (χ0v) is 26.5. The van der Waals surface area contributed by atoms with Crippen LogP contribution in [0.15, 0.2) is 60.7 Å². The van der Waals surface area contributed by atoms with Crippen LogP contribution in [-0.4, -0.2) is 46.6 Å². The lowest BCUT2D eigenvalue weighted by molar-refractivity contribution is -0.153. The van der Waals surface area contributed by atoms with Gasteiger partial charge in [-0.1, -0.05) is 41.4 Å². The fraction of sp³-hybridized carbons (Fsp3) is 0.273. The van der Waals surface area contributed by atoms with Crippen molar-refractivity contribution in [3.8, 4) is 22.9 Å². The Bertz CT molecular complexity index is 1700. The monoisotopic (exact) mass is 634 g/mol. The average Bonchev–Trinajstić information content (AvgIpc) is 3.28. The number of benzene rings is 3. The number of hydrogen-bond donors (Lipinski definition) is 1. The second kappa shape index (κ2) is 12.7. The number of anilines is 2. The molecular formula is C33H32Cl2N4O5. The summed E-state index contributed by atoms with van der Waals surface area (Å²) < 4.78 is 16.3. The molecule has 0 spiro atoms. The summed E-state index contributed by atoms with van der Waals surface area (Å²) in [6.45, 7) is 6.02. The first kappa shape index (κ1) is 31.1. The topological polar surface area (TPSA) is 103 Å². The Balaban J connectivity index is 1.48. The summed E-state index contributed by atoms with van der Waals surface area (Å²) >= 11 is 13.1. The number of aromatic nitrogens is 2. The van der Waals surface area contributed by atoms with Gasteiger partial charge in [-0.15, -0.1) is 0 Å². The van der Waals surface area contributed by atoms with Crippen LogP contribution in [0.1, 0.15) is 48.0 Å². The highest BCUT2D eigenvalue weighted by molar-refractivity contribution is 6.39. The van der Waals surface area contributed by atoms with Crippen molar-refractivity contribution in [1.29, 1.82) is 0 Å². The number of carbonyl (C=O) groups excluding carboxylic acids is 2. The molecule has 44 heavy (non-hydrogen) atoms. The van der Waals surface area contributed by atoms with Gasteiger partial charge in [-0.2, -0.15) is 0 Å². The van der Waals surface area contributed by atoms with Crippen molar-refractivity contribution < 1.29 is 23.8 Å². The number of esters is 1. The van der Waals surface area contributed by atoms with E-state index in [-0.39, 0.29) is 31.4 Å². The number of hydrogen-bond acceptors (Lipinski definition) is 8. The Morgan fingerprint density at radius 1 is 0.955 bits per heavy atom. The van der Waals surface area contributed by atoms with E-state index in [1.165, 1.54) is 0 Å². The van der Waals surface area contributed by atoms with Gasteiger partial charge >= 0.3 is 5.97 Å². The van der Waals surface area contributed by atoms with E-state index in [1.54, 1.807) is 43.4 Å². The molecule has 0 saturated heterocycles. The molecule has 228 valence electrons. The molecule has 1 aromatic heterocycles. The summed E-state index contributed by atoms with van der Waals surface area (Å²) in [5, 5.41) is 4.06. The molecule has 1 aliphatic heterocycles. The van der Waals surface area contributed by atoms with Gasteiger partial charge in [0.1, 0.15) is 28.5 Å². The summed E-state index contributed by atoms with van der Waals surface area (Å²) in [7, 11) is 3.16. The van der Waals surface area contributed by atoms with Gasteiger partial charge in [0.2, 0.25) is 0 Å². The SMILES string of the molecule is COc1ccc(CN2Cc3nc(-c4c(Cl)cccc4Cl)nc(Nc4ccc(CC(=O)OC(C)(C)C)cc4)c3C2=O)c(OC)c1. The van der Waals surface area contributed by atoms with Crippen LogP contribution in [0.5, 0.6) is 11.5 Å². The molecule has 1 N–H and O–H groups in total. The minimum absolute atomic E-state index is 0.137. The van der Waals surface area contributed by atoms with Gasteiger partial charge in [-0.3, -0.25) is 9.59 Å². The second-order valence-corrected chi connectivity index (χ2v) is 12.1. The number of ether oxygens (including phenoxy) is 3. The number of rotatable bonds is 9. The molecule has 0 atom stereocenters. The van der Waals surface area contributed by atoms with Crippen molar-refractivity contribution in [2.24, 2.45) is 0 Å². The molecule has 5 rings (SSSR count). The molecule has 0 bridgehead atoms. The van der Waals surface area contributed by atoms with E-state index in [1.807, 2.05) is 57.2 Å². The van der Waals surface area contributed by atoms with Crippen LogP contribution in [0.2, 0.25) is 10.0 Å². The minimum Gasteiger partial charge on any atom is -0.497 e. The zero-order valence-electron chi connectivity index (χ0n) is 25.0. The van der Waals surface area contributed by atoms with Gasteiger partial charge in [0.15, 0.2) is 5.82 Å². The number of methoxy groups -OCH3 is 2. The molecule has 0 radical (unpaired) electrons. The van der Waals surface area contributed by atoms with Crippen LogP contribution in [0.3, 0.4) is 0 Å². The summed E-state index contributed by atoms with van der Waals surface area (Å²) in [4.78, 5) is 37.3. The number of halogens is 2. The van der Waals surface area contributed by atoms with Gasteiger partial charge < -0.3 is 24.4 Å². The quantitative estimate of drug-likeness (QED) is 0.192. The van der Waals surface area contributed by atoms with Crippen molar-refractivity contribution in [2.45, 2.75) is 45.9 Å². The van der Waals surface area contributed by atoms with Crippen LogP contribution >= 0.6 is 23.2 Å². The van der Waals surface area contributed by atoms with Crippen molar-refractivity contribution in [3.05, 3.63) is 93.1 Å². The van der Waals surface area contributed by atoms with Gasteiger partial charge in [-0.25, -0.2) is 9.97 Å². The summed E-state index contributed by atoms with van der Waals surface area (Å²) in [6.07, 6.45) is 0.137. The van der Waals surface area contributed by atoms with Crippen molar-refractivity contribution in [2.75, 3.05) is 19.5 Å². The maximum Gasteiger partial charge on any atom is 0.310 e. The summed E-state index contributed by atoms with van der Waals surface area (Å²) in [6, 6.07) is 17.9. The van der Waals surface area contributed by atoms with Crippen LogP contribution < -0.4 is 14.8 Å². The first-order valence-corrected chi connectivity index (χ1v) is 14.6. The number of amides is 1. The molecule has 0 unspecified atom stereocenters. The lowest BCUT2D eigenvalue weighted by Crippen LogP contribution is -2.24. The maximum absolute atomic E-state index is 13.8. The number of nitrogens with one attached hydrogen (secondary N) is 1. The Labute approximate surface area is 266 Å². The van der Waals surface area contributed by atoms with Crippen LogP contribution in [0.4, 0.5) is 11.5 Å². The molecule has 11 heteroatoms. The molecule has 9 nitrogen and oxygen atoms in total. The van der Waals surface area contributed by atoms with Crippen LogP contribution in [0, 0.1) is 0 Å². The van der Waals surface area contributed by atoms with Crippen molar-refractivity contribution in [1.82, 2.24) is 14.9 Å². The fourth-order valence-electron chi connectivity index (χ4n) is 4.87. The smallest absolute Gasteiger partial charge is 0.310 e. The average molecular weight is 636 g/mol. The van der Waals surface area contributed by atoms with E-state index < -0.39 is 5.60 Å². The van der Waals surface area contributed by atoms with E-state index in [2.05, 4.69) is 5.32 Å². The first-order valence-electron chi connectivity index (χ1n) is 13.9. The highest BCUT2D eigenvalue weighted by atomic mass is 35.5. The third kappa shape index (κ3) is 6.90.